The summed E-state index contributed by atoms with van der Waals surface area (Å²) in [6, 6.07) is 9.19. The molecule has 4 rings (SSSR count). The van der Waals surface area contributed by atoms with Gasteiger partial charge in [-0.2, -0.15) is 0 Å². The third kappa shape index (κ3) is 3.89. The Bertz CT molecular complexity index is 1000. The maximum atomic E-state index is 12.6. The van der Waals surface area contributed by atoms with Gasteiger partial charge >= 0.3 is 0 Å². The summed E-state index contributed by atoms with van der Waals surface area (Å²) in [5.41, 5.74) is 1.45. The molecule has 0 aliphatic carbocycles. The first kappa shape index (κ1) is 18.1. The second kappa shape index (κ2) is 7.05. The zero-order valence-electron chi connectivity index (χ0n) is 14.7. The molecule has 2 aromatic rings. The molecule has 0 unspecified atom stereocenters. The van der Waals surface area contributed by atoms with Crippen LogP contribution in [0.4, 0.5) is 5.69 Å². The summed E-state index contributed by atoms with van der Waals surface area (Å²) < 4.78 is 32.5. The highest BCUT2D eigenvalue weighted by Gasteiger charge is 2.33. The van der Waals surface area contributed by atoms with Gasteiger partial charge in [0, 0.05) is 29.5 Å². The van der Waals surface area contributed by atoms with E-state index in [1.54, 1.807) is 18.4 Å². The van der Waals surface area contributed by atoms with Crippen LogP contribution in [-0.4, -0.2) is 37.8 Å². The van der Waals surface area contributed by atoms with E-state index in [0.29, 0.717) is 17.3 Å². The Hall–Kier alpha value is -2.26. The standard InChI is InChI=1S/C18H19N3O4S2/c1-12(4-6-14-3-2-9-25-14)19-17(22)13-5-7-15-16(11-13)26-18-20-27(23,24)10-8-21(15)18/h2-3,5,7,9,11-12H,4,6,8,10H2,1H3,(H,19,22)/t12-/m0/s1. The van der Waals surface area contributed by atoms with Crippen molar-refractivity contribution in [1.82, 2.24) is 5.32 Å². The summed E-state index contributed by atoms with van der Waals surface area (Å²) in [6.07, 6.45) is 3.18. The molecule has 3 heterocycles. The topological polar surface area (TPSA) is 92.0 Å². The third-order valence-corrected chi connectivity index (χ3v) is 6.82. The molecule has 1 N–H and O–H groups in total. The van der Waals surface area contributed by atoms with E-state index in [0.717, 1.165) is 29.2 Å². The van der Waals surface area contributed by atoms with Crippen LogP contribution in [0.15, 0.2) is 50.3 Å². The Morgan fingerprint density at radius 3 is 3.04 bits per heavy atom. The smallest absolute Gasteiger partial charge is 0.257 e. The van der Waals surface area contributed by atoms with Crippen LogP contribution < -0.4 is 10.2 Å². The molecule has 7 nitrogen and oxygen atoms in total. The molecule has 142 valence electrons. The van der Waals surface area contributed by atoms with E-state index in [2.05, 4.69) is 9.71 Å². The SMILES string of the molecule is C[C@@H](CCc1ccco1)NC(=O)c1ccc2c(c1)SC1=NS(=O)(=O)CCN12. The summed E-state index contributed by atoms with van der Waals surface area (Å²) in [7, 11) is -3.38. The molecule has 0 spiro atoms. The molecule has 9 heteroatoms. The van der Waals surface area contributed by atoms with Crippen molar-refractivity contribution in [3.05, 3.63) is 47.9 Å². The number of nitrogens with zero attached hydrogens (tertiary/aromatic N) is 2. The zero-order chi connectivity index (χ0) is 19.0. The van der Waals surface area contributed by atoms with Crippen LogP contribution in [0.2, 0.25) is 0 Å². The number of hydrogen-bond donors (Lipinski definition) is 1. The van der Waals surface area contributed by atoms with Crippen LogP contribution in [0.25, 0.3) is 0 Å². The molecule has 1 atom stereocenters. The van der Waals surface area contributed by atoms with Crippen molar-refractivity contribution in [3.63, 3.8) is 0 Å². The summed E-state index contributed by atoms with van der Waals surface area (Å²) in [5.74, 6) is 0.758. The number of carbonyl (C=O) groups excluding carboxylic acids is 1. The Balaban J connectivity index is 1.43. The molecular weight excluding hydrogens is 386 g/mol. The Morgan fingerprint density at radius 1 is 1.41 bits per heavy atom. The van der Waals surface area contributed by atoms with Gasteiger partial charge in [0.15, 0.2) is 5.17 Å². The fourth-order valence-corrected chi connectivity index (χ4v) is 5.36. The Labute approximate surface area is 161 Å². The van der Waals surface area contributed by atoms with E-state index < -0.39 is 10.0 Å². The van der Waals surface area contributed by atoms with Crippen molar-refractivity contribution in [1.29, 1.82) is 0 Å². The number of carbonyl (C=O) groups is 1. The minimum absolute atomic E-state index is 0.00403. The highest BCUT2D eigenvalue weighted by atomic mass is 32.2. The molecule has 0 bridgehead atoms. The second-order valence-corrected chi connectivity index (χ2v) is 9.35. The van der Waals surface area contributed by atoms with Gasteiger partial charge in [-0.15, -0.1) is 4.40 Å². The van der Waals surface area contributed by atoms with Gasteiger partial charge in [0.1, 0.15) is 5.76 Å². The minimum Gasteiger partial charge on any atom is -0.469 e. The number of rotatable bonds is 5. The van der Waals surface area contributed by atoms with Gasteiger partial charge in [0.2, 0.25) is 0 Å². The predicted molar refractivity (Wildman–Crippen MR) is 105 cm³/mol. The summed E-state index contributed by atoms with van der Waals surface area (Å²) >= 11 is 1.29. The van der Waals surface area contributed by atoms with E-state index in [1.807, 2.05) is 30.0 Å². The van der Waals surface area contributed by atoms with Crippen LogP contribution in [0.1, 0.15) is 29.5 Å². The van der Waals surface area contributed by atoms with Crippen LogP contribution in [0, 0.1) is 0 Å². The Kier molecular flexibility index (Phi) is 4.73. The lowest BCUT2D eigenvalue weighted by molar-refractivity contribution is 0.0938. The lowest BCUT2D eigenvalue weighted by Gasteiger charge is -2.22. The first-order valence-corrected chi connectivity index (χ1v) is 11.1. The van der Waals surface area contributed by atoms with Crippen molar-refractivity contribution < 1.29 is 17.6 Å². The number of nitrogens with one attached hydrogen (secondary N) is 1. The highest BCUT2D eigenvalue weighted by Crippen LogP contribution is 2.42. The number of thioether (sulfide) groups is 1. The largest absolute Gasteiger partial charge is 0.469 e. The number of furan rings is 1. The summed E-state index contributed by atoms with van der Waals surface area (Å²) in [6.45, 7) is 2.35. The van der Waals surface area contributed by atoms with Gasteiger partial charge in [-0.25, -0.2) is 8.42 Å². The first-order chi connectivity index (χ1) is 12.9. The molecule has 0 fully saturated rings. The van der Waals surface area contributed by atoms with Crippen molar-refractivity contribution >= 4 is 38.5 Å². The van der Waals surface area contributed by atoms with Crippen molar-refractivity contribution in [2.24, 2.45) is 4.40 Å². The summed E-state index contributed by atoms with van der Waals surface area (Å²) in [5, 5.41) is 3.45. The molecule has 0 saturated heterocycles. The normalized spacial score (nSPS) is 18.4. The summed E-state index contributed by atoms with van der Waals surface area (Å²) in [4.78, 5) is 15.3. The van der Waals surface area contributed by atoms with Gasteiger partial charge in [0.05, 0.1) is 17.7 Å². The fraction of sp³-hybridized carbons (Fsp3) is 0.333. The van der Waals surface area contributed by atoms with Gasteiger partial charge < -0.3 is 14.6 Å². The van der Waals surface area contributed by atoms with Gasteiger partial charge in [-0.1, -0.05) is 0 Å². The van der Waals surface area contributed by atoms with Gasteiger partial charge in [0.25, 0.3) is 15.9 Å². The number of hydrogen-bond acceptors (Lipinski definition) is 6. The Morgan fingerprint density at radius 2 is 2.26 bits per heavy atom. The minimum atomic E-state index is -3.38. The van der Waals surface area contributed by atoms with Crippen LogP contribution in [0.3, 0.4) is 0 Å². The fourth-order valence-electron chi connectivity index (χ4n) is 3.06. The second-order valence-electron chi connectivity index (χ2n) is 6.59. The van der Waals surface area contributed by atoms with Crippen molar-refractivity contribution in [3.8, 4) is 0 Å². The van der Waals surface area contributed by atoms with Gasteiger partial charge in [-0.3, -0.25) is 4.79 Å². The maximum absolute atomic E-state index is 12.6. The number of benzene rings is 1. The van der Waals surface area contributed by atoms with E-state index in [9.17, 15) is 13.2 Å². The molecule has 2 aliphatic heterocycles. The molecular formula is C18H19N3O4S2. The van der Waals surface area contributed by atoms with E-state index in [4.69, 9.17) is 4.42 Å². The van der Waals surface area contributed by atoms with Crippen LogP contribution in [-0.2, 0) is 16.4 Å². The predicted octanol–water partition coefficient (Wildman–Crippen LogP) is 2.64. The highest BCUT2D eigenvalue weighted by molar-refractivity contribution is 8.15. The number of anilines is 1. The molecule has 0 saturated carbocycles. The lowest BCUT2D eigenvalue weighted by Crippen LogP contribution is -2.35. The molecule has 0 radical (unpaired) electrons. The number of amides is 1. The zero-order valence-corrected chi connectivity index (χ0v) is 16.3. The number of sulfonamides is 1. The maximum Gasteiger partial charge on any atom is 0.257 e. The molecule has 2 aliphatic rings. The van der Waals surface area contributed by atoms with Crippen LogP contribution >= 0.6 is 11.8 Å². The number of amidine groups is 1. The molecule has 27 heavy (non-hydrogen) atoms. The number of fused-ring (bicyclic) bond motifs is 3. The van der Waals surface area contributed by atoms with Crippen molar-refractivity contribution in [2.75, 3.05) is 17.2 Å². The average Bonchev–Trinajstić information content (AvgIpc) is 3.25. The van der Waals surface area contributed by atoms with Gasteiger partial charge in [-0.05, 0) is 55.4 Å². The molecule has 1 aromatic heterocycles. The van der Waals surface area contributed by atoms with Crippen molar-refractivity contribution in [2.45, 2.75) is 30.7 Å². The average molecular weight is 406 g/mol. The lowest BCUT2D eigenvalue weighted by atomic mass is 10.1. The van der Waals surface area contributed by atoms with E-state index >= 15 is 0 Å². The van der Waals surface area contributed by atoms with Crippen LogP contribution in [0.5, 0.6) is 0 Å². The number of aryl methyl sites for hydroxylation is 1. The first-order valence-electron chi connectivity index (χ1n) is 8.67. The molecule has 1 amide bonds. The quantitative estimate of drug-likeness (QED) is 0.822. The van der Waals surface area contributed by atoms with E-state index in [1.165, 1.54) is 11.8 Å². The molecule has 1 aromatic carbocycles. The monoisotopic (exact) mass is 405 g/mol. The van der Waals surface area contributed by atoms with E-state index in [-0.39, 0.29) is 17.7 Å². The third-order valence-electron chi connectivity index (χ3n) is 4.52.